The molecule has 4 nitrogen and oxygen atoms in total. The highest BCUT2D eigenvalue weighted by atomic mass is 19.4. The second-order valence-corrected chi connectivity index (χ2v) is 5.11. The normalized spacial score (nSPS) is 11.6. The minimum atomic E-state index is -4.58. The van der Waals surface area contributed by atoms with Gasteiger partial charge in [-0.1, -0.05) is 19.9 Å². The number of nitrogens with two attached hydrogens (primary N) is 1. The van der Waals surface area contributed by atoms with Crippen LogP contribution in [0.15, 0.2) is 18.2 Å². The van der Waals surface area contributed by atoms with E-state index in [2.05, 4.69) is 0 Å². The maximum Gasteiger partial charge on any atom is 0.418 e. The van der Waals surface area contributed by atoms with E-state index in [4.69, 9.17) is 5.84 Å². The van der Waals surface area contributed by atoms with Crippen molar-refractivity contribution in [2.75, 3.05) is 18.5 Å². The van der Waals surface area contributed by atoms with Crippen LogP contribution < -0.4 is 11.3 Å². The third-order valence-corrected chi connectivity index (χ3v) is 3.00. The fraction of sp³-hybridized carbons (Fsp3) is 0.500. The minimum absolute atomic E-state index is 0.0742. The van der Waals surface area contributed by atoms with Crippen molar-refractivity contribution in [3.05, 3.63) is 29.3 Å². The number of amides is 1. The summed E-state index contributed by atoms with van der Waals surface area (Å²) >= 11 is 0. The molecule has 21 heavy (non-hydrogen) atoms. The molecule has 0 aliphatic rings. The Kier molecular flexibility index (Phi) is 5.60. The smallest absolute Gasteiger partial charge is 0.339 e. The summed E-state index contributed by atoms with van der Waals surface area (Å²) in [6.45, 7) is 6.53. The van der Waals surface area contributed by atoms with Crippen molar-refractivity contribution < 1.29 is 18.0 Å². The largest absolute Gasteiger partial charge is 0.418 e. The van der Waals surface area contributed by atoms with Crippen LogP contribution in [0.25, 0.3) is 0 Å². The van der Waals surface area contributed by atoms with Crippen molar-refractivity contribution in [2.45, 2.75) is 26.9 Å². The number of nitrogens with one attached hydrogen (secondary N) is 1. The number of halogens is 3. The summed E-state index contributed by atoms with van der Waals surface area (Å²) < 4.78 is 38.9. The Balaban J connectivity index is 3.26. The fourth-order valence-electron chi connectivity index (χ4n) is 2.09. The molecule has 0 aliphatic carbocycles. The zero-order valence-electron chi connectivity index (χ0n) is 12.3. The van der Waals surface area contributed by atoms with E-state index in [9.17, 15) is 18.0 Å². The third kappa shape index (κ3) is 4.10. The summed E-state index contributed by atoms with van der Waals surface area (Å²) in [7, 11) is 0. The number of para-hydroxylation sites is 1. The van der Waals surface area contributed by atoms with Gasteiger partial charge in [0.25, 0.3) is 5.91 Å². The van der Waals surface area contributed by atoms with Gasteiger partial charge in [-0.05, 0) is 25.0 Å². The molecule has 0 spiro atoms. The van der Waals surface area contributed by atoms with E-state index in [1.807, 2.05) is 19.3 Å². The Morgan fingerprint density at radius 3 is 2.43 bits per heavy atom. The number of hydrogen-bond acceptors (Lipinski definition) is 3. The van der Waals surface area contributed by atoms with Gasteiger partial charge in [0.15, 0.2) is 0 Å². The van der Waals surface area contributed by atoms with E-state index < -0.39 is 23.3 Å². The van der Waals surface area contributed by atoms with Crippen LogP contribution >= 0.6 is 0 Å². The number of carbonyl (C=O) groups excluding carboxylic acids is 1. The molecule has 7 heteroatoms. The molecule has 1 rings (SSSR count). The third-order valence-electron chi connectivity index (χ3n) is 3.00. The van der Waals surface area contributed by atoms with Crippen molar-refractivity contribution in [2.24, 2.45) is 11.8 Å². The topological polar surface area (TPSA) is 58.4 Å². The van der Waals surface area contributed by atoms with E-state index in [0.29, 0.717) is 13.1 Å². The number of hydrogen-bond donors (Lipinski definition) is 2. The Bertz CT molecular complexity index is 501. The molecule has 0 heterocycles. The molecule has 1 amide bonds. The first-order valence-corrected chi connectivity index (χ1v) is 6.68. The minimum Gasteiger partial charge on any atom is -0.339 e. The summed E-state index contributed by atoms with van der Waals surface area (Å²) in [5, 5.41) is 0. The van der Waals surface area contributed by atoms with Gasteiger partial charge in [-0.15, -0.1) is 0 Å². The first-order valence-electron chi connectivity index (χ1n) is 6.68. The maximum absolute atomic E-state index is 13.0. The summed E-state index contributed by atoms with van der Waals surface area (Å²) in [5.74, 6) is 4.96. The van der Waals surface area contributed by atoms with Gasteiger partial charge < -0.3 is 10.3 Å². The molecular weight excluding hydrogens is 283 g/mol. The molecule has 0 bridgehead atoms. The van der Waals surface area contributed by atoms with Gasteiger partial charge in [0.2, 0.25) is 0 Å². The zero-order valence-corrected chi connectivity index (χ0v) is 12.3. The van der Waals surface area contributed by atoms with Crippen LogP contribution in [-0.2, 0) is 6.18 Å². The average Bonchev–Trinajstić information content (AvgIpc) is 2.41. The van der Waals surface area contributed by atoms with Crippen LogP contribution in [0.3, 0.4) is 0 Å². The highest BCUT2D eigenvalue weighted by Gasteiger charge is 2.35. The van der Waals surface area contributed by atoms with Gasteiger partial charge in [0.05, 0.1) is 16.8 Å². The number of benzene rings is 1. The molecule has 1 aromatic rings. The zero-order chi connectivity index (χ0) is 16.2. The van der Waals surface area contributed by atoms with E-state index in [-0.39, 0.29) is 11.5 Å². The number of anilines is 1. The Morgan fingerprint density at radius 1 is 1.38 bits per heavy atom. The fourth-order valence-corrected chi connectivity index (χ4v) is 2.09. The lowest BCUT2D eigenvalue weighted by Crippen LogP contribution is -2.35. The molecule has 1 aromatic carbocycles. The molecule has 0 aromatic heterocycles. The monoisotopic (exact) mass is 303 g/mol. The number of nitrogens with zero attached hydrogens (tertiary/aromatic N) is 1. The van der Waals surface area contributed by atoms with E-state index in [0.717, 1.165) is 6.07 Å². The van der Waals surface area contributed by atoms with Gasteiger partial charge in [0.1, 0.15) is 0 Å². The predicted octanol–water partition coefficient (Wildman–Crippen LogP) is 3.11. The van der Waals surface area contributed by atoms with Crippen molar-refractivity contribution in [3.63, 3.8) is 0 Å². The lowest BCUT2D eigenvalue weighted by atomic mass is 10.0. The molecule has 118 valence electrons. The van der Waals surface area contributed by atoms with Crippen molar-refractivity contribution in [1.29, 1.82) is 0 Å². The highest BCUT2D eigenvalue weighted by Crippen LogP contribution is 2.36. The second-order valence-electron chi connectivity index (χ2n) is 5.11. The van der Waals surface area contributed by atoms with Gasteiger partial charge in [-0.2, -0.15) is 13.2 Å². The number of carbonyl (C=O) groups is 1. The lowest BCUT2D eigenvalue weighted by Gasteiger charge is -2.25. The van der Waals surface area contributed by atoms with Gasteiger partial charge in [0, 0.05) is 13.1 Å². The first-order chi connectivity index (χ1) is 9.72. The van der Waals surface area contributed by atoms with Crippen LogP contribution in [0, 0.1) is 5.92 Å². The van der Waals surface area contributed by atoms with E-state index >= 15 is 0 Å². The predicted molar refractivity (Wildman–Crippen MR) is 75.7 cm³/mol. The van der Waals surface area contributed by atoms with Crippen LogP contribution in [-0.4, -0.2) is 23.9 Å². The van der Waals surface area contributed by atoms with Crippen molar-refractivity contribution >= 4 is 11.6 Å². The van der Waals surface area contributed by atoms with Crippen LogP contribution in [0.5, 0.6) is 0 Å². The summed E-state index contributed by atoms with van der Waals surface area (Å²) in [6, 6.07) is 3.45. The van der Waals surface area contributed by atoms with Crippen molar-refractivity contribution in [1.82, 2.24) is 4.90 Å². The average molecular weight is 303 g/mol. The molecule has 0 saturated carbocycles. The second kappa shape index (κ2) is 6.80. The molecule has 0 unspecified atom stereocenters. The molecule has 3 N–H and O–H groups in total. The summed E-state index contributed by atoms with van der Waals surface area (Å²) in [6.07, 6.45) is -4.58. The molecule has 0 saturated heterocycles. The van der Waals surface area contributed by atoms with Crippen LogP contribution in [0.2, 0.25) is 0 Å². The summed E-state index contributed by atoms with van der Waals surface area (Å²) in [4.78, 5) is 13.9. The molecular formula is C14H20F3N3O. The molecule has 0 aliphatic heterocycles. The summed E-state index contributed by atoms with van der Waals surface area (Å²) in [5.41, 5.74) is 0.603. The molecule has 0 atom stereocenters. The molecule has 0 fully saturated rings. The molecule has 0 radical (unpaired) electrons. The Hall–Kier alpha value is -1.76. The number of nitrogen functional groups attached to an aromatic ring is 1. The van der Waals surface area contributed by atoms with Crippen LogP contribution in [0.4, 0.5) is 18.9 Å². The highest BCUT2D eigenvalue weighted by molar-refractivity contribution is 6.00. The van der Waals surface area contributed by atoms with Crippen molar-refractivity contribution in [3.8, 4) is 0 Å². The Labute approximate surface area is 122 Å². The maximum atomic E-state index is 13.0. The van der Waals surface area contributed by atoms with Gasteiger partial charge >= 0.3 is 6.18 Å². The number of alkyl halides is 3. The first kappa shape index (κ1) is 17.3. The van der Waals surface area contributed by atoms with Gasteiger partial charge in [-0.3, -0.25) is 10.6 Å². The van der Waals surface area contributed by atoms with E-state index in [1.165, 1.54) is 17.0 Å². The standard InChI is InChI=1S/C14H20F3N3O/c1-4-20(8-9(2)3)13(21)10-6-5-7-11(12(10)19-18)14(15,16)17/h5-7,9,19H,4,8,18H2,1-3H3. The lowest BCUT2D eigenvalue weighted by molar-refractivity contribution is -0.137. The van der Waals surface area contributed by atoms with E-state index in [1.54, 1.807) is 6.92 Å². The number of rotatable bonds is 5. The SMILES string of the molecule is CCN(CC(C)C)C(=O)c1cccc(C(F)(F)F)c1NN. The van der Waals surface area contributed by atoms with Crippen LogP contribution in [0.1, 0.15) is 36.7 Å². The Morgan fingerprint density at radius 2 is 2.00 bits per heavy atom. The number of hydrazine groups is 1. The van der Waals surface area contributed by atoms with Gasteiger partial charge in [-0.25, -0.2) is 0 Å². The quantitative estimate of drug-likeness (QED) is 0.649.